The zero-order valence-electron chi connectivity index (χ0n) is 13.5. The highest BCUT2D eigenvalue weighted by molar-refractivity contribution is 5.55. The average molecular weight is 332 g/mol. The summed E-state index contributed by atoms with van der Waals surface area (Å²) in [4.78, 5) is 4.50. The molecule has 0 unspecified atom stereocenters. The van der Waals surface area contributed by atoms with Gasteiger partial charge in [-0.2, -0.15) is 5.10 Å². The van der Waals surface area contributed by atoms with E-state index in [1.807, 2.05) is 41.3 Å². The second kappa shape index (κ2) is 6.73. The van der Waals surface area contributed by atoms with Crippen molar-refractivity contribution in [3.8, 4) is 11.4 Å². The van der Waals surface area contributed by atoms with Crippen LogP contribution in [0.4, 0.5) is 4.39 Å². The van der Waals surface area contributed by atoms with Crippen LogP contribution in [0, 0.1) is 5.82 Å². The molecule has 0 saturated carbocycles. The molecule has 5 heteroatoms. The second-order valence-electron chi connectivity index (χ2n) is 5.82. The van der Waals surface area contributed by atoms with Crippen LogP contribution in [0.25, 0.3) is 11.4 Å². The highest BCUT2D eigenvalue weighted by Crippen LogP contribution is 2.27. The van der Waals surface area contributed by atoms with E-state index in [1.54, 1.807) is 24.5 Å². The number of benzene rings is 2. The fourth-order valence-corrected chi connectivity index (χ4v) is 3.00. The van der Waals surface area contributed by atoms with Gasteiger partial charge in [0.2, 0.25) is 0 Å². The van der Waals surface area contributed by atoms with Gasteiger partial charge in [0.1, 0.15) is 11.6 Å². The van der Waals surface area contributed by atoms with Crippen LogP contribution < -0.4 is 0 Å². The van der Waals surface area contributed by atoms with Crippen molar-refractivity contribution in [2.24, 2.45) is 0 Å². The van der Waals surface area contributed by atoms with Crippen molar-refractivity contribution in [2.75, 3.05) is 0 Å². The van der Waals surface area contributed by atoms with E-state index >= 15 is 0 Å². The first-order valence-electron chi connectivity index (χ1n) is 8.12. The van der Waals surface area contributed by atoms with Crippen LogP contribution in [0.2, 0.25) is 0 Å². The molecule has 0 saturated heterocycles. The van der Waals surface area contributed by atoms with Crippen molar-refractivity contribution >= 4 is 0 Å². The van der Waals surface area contributed by atoms with E-state index < -0.39 is 0 Å². The summed E-state index contributed by atoms with van der Waals surface area (Å²) < 4.78 is 17.3. The van der Waals surface area contributed by atoms with E-state index in [9.17, 15) is 4.39 Å². The van der Waals surface area contributed by atoms with Gasteiger partial charge in [-0.05, 0) is 35.9 Å². The predicted octanol–water partition coefficient (Wildman–Crippen LogP) is 4.18. The highest BCUT2D eigenvalue weighted by atomic mass is 19.1. The minimum absolute atomic E-state index is 0.0312. The Morgan fingerprint density at radius 2 is 1.68 bits per heavy atom. The van der Waals surface area contributed by atoms with E-state index in [0.717, 1.165) is 11.4 Å². The average Bonchev–Trinajstić information content (AvgIpc) is 3.33. The summed E-state index contributed by atoms with van der Waals surface area (Å²) in [5, 5.41) is 4.34. The molecule has 0 bridgehead atoms. The summed E-state index contributed by atoms with van der Waals surface area (Å²) in [6.45, 7) is 0.682. The summed E-state index contributed by atoms with van der Waals surface area (Å²) in [6, 6.07) is 18.6. The molecule has 0 fully saturated rings. The van der Waals surface area contributed by atoms with Crippen molar-refractivity contribution in [3.05, 3.63) is 96.8 Å². The summed E-state index contributed by atoms with van der Waals surface area (Å²) in [5.74, 6) is 0.555. The molecule has 4 nitrogen and oxygen atoms in total. The van der Waals surface area contributed by atoms with Crippen molar-refractivity contribution < 1.29 is 4.39 Å². The minimum atomic E-state index is -0.252. The molecule has 0 aliphatic carbocycles. The van der Waals surface area contributed by atoms with Gasteiger partial charge < -0.3 is 4.57 Å². The van der Waals surface area contributed by atoms with Crippen LogP contribution >= 0.6 is 0 Å². The van der Waals surface area contributed by atoms with E-state index in [4.69, 9.17) is 0 Å². The lowest BCUT2D eigenvalue weighted by Crippen LogP contribution is -2.18. The Hall–Kier alpha value is -3.21. The lowest BCUT2D eigenvalue weighted by molar-refractivity contribution is 0.466. The molecule has 0 spiro atoms. The number of hydrogen-bond acceptors (Lipinski definition) is 2. The molecule has 124 valence electrons. The van der Waals surface area contributed by atoms with E-state index in [2.05, 4.69) is 26.8 Å². The van der Waals surface area contributed by atoms with Gasteiger partial charge >= 0.3 is 0 Å². The Bertz CT molecular complexity index is 928. The zero-order chi connectivity index (χ0) is 17.1. The smallest absolute Gasteiger partial charge is 0.140 e. The summed E-state index contributed by atoms with van der Waals surface area (Å²) in [6.07, 6.45) is 7.46. The topological polar surface area (TPSA) is 35.6 Å². The summed E-state index contributed by atoms with van der Waals surface area (Å²) in [7, 11) is 0. The van der Waals surface area contributed by atoms with Crippen molar-refractivity contribution in [1.82, 2.24) is 19.3 Å². The number of hydrogen-bond donors (Lipinski definition) is 0. The summed E-state index contributed by atoms with van der Waals surface area (Å²) in [5.41, 5.74) is 2.05. The van der Waals surface area contributed by atoms with E-state index in [0.29, 0.717) is 6.54 Å². The van der Waals surface area contributed by atoms with E-state index in [1.165, 1.54) is 17.7 Å². The molecule has 0 aliphatic rings. The molecule has 2 aromatic heterocycles. The van der Waals surface area contributed by atoms with Gasteiger partial charge in [0.15, 0.2) is 0 Å². The Balaban J connectivity index is 1.78. The van der Waals surface area contributed by atoms with Crippen molar-refractivity contribution in [3.63, 3.8) is 0 Å². The quantitative estimate of drug-likeness (QED) is 0.550. The fourth-order valence-electron chi connectivity index (χ4n) is 3.00. The fraction of sp³-hybridized carbons (Fsp3) is 0.100. The third kappa shape index (κ3) is 3.21. The van der Waals surface area contributed by atoms with Gasteiger partial charge in [0, 0.05) is 30.4 Å². The van der Waals surface area contributed by atoms with Crippen LogP contribution in [0.15, 0.2) is 85.5 Å². The Kier molecular flexibility index (Phi) is 4.12. The lowest BCUT2D eigenvalue weighted by Gasteiger charge is -2.21. The van der Waals surface area contributed by atoms with Crippen molar-refractivity contribution in [2.45, 2.75) is 12.6 Å². The first kappa shape index (κ1) is 15.3. The molecule has 0 radical (unpaired) electrons. The first-order chi connectivity index (χ1) is 12.3. The van der Waals surface area contributed by atoms with Gasteiger partial charge in [-0.25, -0.2) is 9.37 Å². The Morgan fingerprint density at radius 1 is 0.880 bits per heavy atom. The van der Waals surface area contributed by atoms with Gasteiger partial charge in [-0.1, -0.05) is 30.3 Å². The Labute approximate surface area is 145 Å². The molecule has 1 atom stereocenters. The molecule has 2 aromatic carbocycles. The van der Waals surface area contributed by atoms with Gasteiger partial charge in [0.25, 0.3) is 0 Å². The van der Waals surface area contributed by atoms with Crippen LogP contribution in [-0.2, 0) is 6.54 Å². The third-order valence-corrected chi connectivity index (χ3v) is 4.21. The standard InChI is InChI=1S/C20H17FN4/c21-18-9-7-17(8-10-18)20-22-12-14-25(20)19(15-24-13-4-11-23-24)16-5-2-1-3-6-16/h1-14,19H,15H2/t19-/m0/s1. The largest absolute Gasteiger partial charge is 0.322 e. The predicted molar refractivity (Wildman–Crippen MR) is 94.4 cm³/mol. The second-order valence-corrected chi connectivity index (χ2v) is 5.82. The third-order valence-electron chi connectivity index (χ3n) is 4.21. The molecular weight excluding hydrogens is 315 g/mol. The molecule has 4 aromatic rings. The maximum Gasteiger partial charge on any atom is 0.140 e. The maximum atomic E-state index is 13.3. The zero-order valence-corrected chi connectivity index (χ0v) is 13.5. The highest BCUT2D eigenvalue weighted by Gasteiger charge is 2.18. The van der Waals surface area contributed by atoms with Gasteiger partial charge in [-0.3, -0.25) is 4.68 Å². The van der Waals surface area contributed by atoms with Crippen LogP contribution in [0.3, 0.4) is 0 Å². The lowest BCUT2D eigenvalue weighted by atomic mass is 10.1. The number of nitrogens with zero attached hydrogens (tertiary/aromatic N) is 4. The van der Waals surface area contributed by atoms with Crippen LogP contribution in [0.5, 0.6) is 0 Å². The molecular formula is C20H17FN4. The molecule has 25 heavy (non-hydrogen) atoms. The normalized spacial score (nSPS) is 12.2. The van der Waals surface area contributed by atoms with Crippen molar-refractivity contribution in [1.29, 1.82) is 0 Å². The Morgan fingerprint density at radius 3 is 2.40 bits per heavy atom. The van der Waals surface area contributed by atoms with Gasteiger partial charge in [-0.15, -0.1) is 0 Å². The van der Waals surface area contributed by atoms with E-state index in [-0.39, 0.29) is 11.9 Å². The SMILES string of the molecule is Fc1ccc(-c2nccn2[C@@H](Cn2cccn2)c2ccccc2)cc1. The van der Waals surface area contributed by atoms with Crippen LogP contribution in [0.1, 0.15) is 11.6 Å². The molecule has 0 N–H and O–H groups in total. The van der Waals surface area contributed by atoms with Gasteiger partial charge in [0.05, 0.1) is 12.6 Å². The molecule has 2 heterocycles. The molecule has 4 rings (SSSR count). The van der Waals surface area contributed by atoms with Crippen LogP contribution in [-0.4, -0.2) is 19.3 Å². The minimum Gasteiger partial charge on any atom is -0.322 e. The molecule has 0 amide bonds. The number of halogens is 1. The first-order valence-corrected chi connectivity index (χ1v) is 8.12. The molecule has 0 aliphatic heterocycles. The number of rotatable bonds is 5. The monoisotopic (exact) mass is 332 g/mol. The number of imidazole rings is 1. The maximum absolute atomic E-state index is 13.3. The number of aromatic nitrogens is 4. The summed E-state index contributed by atoms with van der Waals surface area (Å²) >= 11 is 0.